The minimum Gasteiger partial charge on any atom is -0.381 e. The summed E-state index contributed by atoms with van der Waals surface area (Å²) < 4.78 is 5.09. The first-order valence-electron chi connectivity index (χ1n) is 3.43. The molecular weight excluding hydrogens is 128 g/mol. The van der Waals surface area contributed by atoms with Gasteiger partial charge in [-0.25, -0.2) is 0 Å². The first-order valence-corrected chi connectivity index (χ1v) is 3.43. The van der Waals surface area contributed by atoms with Crippen LogP contribution in [0, 0.1) is 18.3 Å². The van der Waals surface area contributed by atoms with Crippen molar-refractivity contribution in [3.63, 3.8) is 0 Å². The van der Waals surface area contributed by atoms with Gasteiger partial charge in [-0.15, -0.1) is 6.42 Å². The molecule has 0 aromatic rings. The summed E-state index contributed by atoms with van der Waals surface area (Å²) in [5.74, 6) is 1.98. The summed E-state index contributed by atoms with van der Waals surface area (Å²) in [6, 6.07) is 0. The number of ether oxygens (including phenoxy) is 1. The Balaban J connectivity index is 2.40. The van der Waals surface area contributed by atoms with Crippen LogP contribution in [0.3, 0.4) is 0 Å². The average Bonchev–Trinajstić information content (AvgIpc) is 2.05. The predicted molar refractivity (Wildman–Crippen MR) is 37.4 cm³/mol. The molecule has 0 radical (unpaired) electrons. The van der Waals surface area contributed by atoms with Crippen LogP contribution in [-0.4, -0.2) is 19.0 Å². The quantitative estimate of drug-likeness (QED) is 0.392. The largest absolute Gasteiger partial charge is 0.381 e. The zero-order valence-electron chi connectivity index (χ0n) is 5.80. The predicted octanol–water partition coefficient (Wildman–Crippen LogP) is 0.615. The zero-order chi connectivity index (χ0) is 7.40. The topological polar surface area (TPSA) is 26.3 Å². The molecule has 1 heterocycles. The van der Waals surface area contributed by atoms with Gasteiger partial charge in [0.25, 0.3) is 0 Å². The smallest absolute Gasteiger partial charge is 0.210 e. The number of rotatable bonds is 1. The second-order valence-electron chi connectivity index (χ2n) is 2.42. The lowest BCUT2D eigenvalue weighted by Crippen LogP contribution is -2.23. The van der Waals surface area contributed by atoms with Crippen LogP contribution in [0.4, 0.5) is 0 Å². The van der Waals surface area contributed by atoms with Gasteiger partial charge in [0.05, 0.1) is 12.5 Å². The Morgan fingerprint density at radius 2 is 2.50 bits per heavy atom. The highest BCUT2D eigenvalue weighted by atomic mass is 16.5. The summed E-state index contributed by atoms with van der Waals surface area (Å²) in [6.07, 6.45) is 6.80. The molecular formula is C8H10O2. The highest BCUT2D eigenvalue weighted by molar-refractivity contribution is 5.96. The minimum atomic E-state index is -0.111. The molecule has 1 fully saturated rings. The molecule has 2 heteroatoms. The Kier molecular flexibility index (Phi) is 2.47. The lowest BCUT2D eigenvalue weighted by atomic mass is 9.98. The molecule has 0 spiro atoms. The third-order valence-corrected chi connectivity index (χ3v) is 1.67. The molecule has 0 bridgehead atoms. The van der Waals surface area contributed by atoms with Gasteiger partial charge in [-0.05, 0) is 18.8 Å². The molecule has 1 aliphatic rings. The van der Waals surface area contributed by atoms with Gasteiger partial charge in [0.2, 0.25) is 5.78 Å². The van der Waals surface area contributed by atoms with Gasteiger partial charge in [-0.2, -0.15) is 0 Å². The van der Waals surface area contributed by atoms with Crippen LogP contribution in [-0.2, 0) is 9.53 Å². The standard InChI is InChI=1S/C8H10O2/c1-2-8(9)7-4-3-5-10-6-7/h1,7H,3-6H2. The molecule has 10 heavy (non-hydrogen) atoms. The summed E-state index contributed by atoms with van der Waals surface area (Å²) >= 11 is 0. The van der Waals surface area contributed by atoms with Crippen molar-refractivity contribution in [1.82, 2.24) is 0 Å². The van der Waals surface area contributed by atoms with Crippen molar-refractivity contribution in [3.8, 4) is 12.3 Å². The molecule has 0 aromatic heterocycles. The maximum atomic E-state index is 10.9. The molecule has 54 valence electrons. The Hall–Kier alpha value is -0.810. The van der Waals surface area contributed by atoms with Gasteiger partial charge in [0, 0.05) is 6.61 Å². The number of terminal acetylenes is 1. The van der Waals surface area contributed by atoms with E-state index in [1.807, 2.05) is 0 Å². The molecule has 0 amide bonds. The van der Waals surface area contributed by atoms with Gasteiger partial charge in [0.1, 0.15) is 0 Å². The van der Waals surface area contributed by atoms with Crippen LogP contribution in [0.5, 0.6) is 0 Å². The van der Waals surface area contributed by atoms with E-state index in [4.69, 9.17) is 11.2 Å². The van der Waals surface area contributed by atoms with Crippen LogP contribution < -0.4 is 0 Å². The van der Waals surface area contributed by atoms with Gasteiger partial charge in [0.15, 0.2) is 0 Å². The number of ketones is 1. The van der Waals surface area contributed by atoms with Crippen molar-refractivity contribution in [2.24, 2.45) is 5.92 Å². The first-order chi connectivity index (χ1) is 4.84. The molecule has 1 saturated heterocycles. The average molecular weight is 138 g/mol. The molecule has 1 aliphatic heterocycles. The van der Waals surface area contributed by atoms with E-state index in [1.165, 1.54) is 0 Å². The van der Waals surface area contributed by atoms with Crippen molar-refractivity contribution in [3.05, 3.63) is 0 Å². The van der Waals surface area contributed by atoms with Gasteiger partial charge in [-0.3, -0.25) is 4.79 Å². The van der Waals surface area contributed by atoms with Crippen molar-refractivity contribution in [2.45, 2.75) is 12.8 Å². The van der Waals surface area contributed by atoms with E-state index < -0.39 is 0 Å². The Morgan fingerprint density at radius 1 is 1.70 bits per heavy atom. The molecule has 1 rings (SSSR count). The Morgan fingerprint density at radius 3 is 3.00 bits per heavy atom. The number of carbonyl (C=O) groups is 1. The van der Waals surface area contributed by atoms with E-state index in [0.717, 1.165) is 19.4 Å². The zero-order valence-corrected chi connectivity index (χ0v) is 5.80. The molecule has 0 aliphatic carbocycles. The van der Waals surface area contributed by atoms with Crippen LogP contribution in [0.1, 0.15) is 12.8 Å². The number of hydrogen-bond acceptors (Lipinski definition) is 2. The van der Waals surface area contributed by atoms with Crippen molar-refractivity contribution in [2.75, 3.05) is 13.2 Å². The third-order valence-electron chi connectivity index (χ3n) is 1.67. The third kappa shape index (κ3) is 1.58. The summed E-state index contributed by atoms with van der Waals surface area (Å²) in [4.78, 5) is 10.9. The summed E-state index contributed by atoms with van der Waals surface area (Å²) in [6.45, 7) is 1.29. The van der Waals surface area contributed by atoms with E-state index in [0.29, 0.717) is 6.61 Å². The van der Waals surface area contributed by atoms with E-state index in [2.05, 4.69) is 5.92 Å². The van der Waals surface area contributed by atoms with Crippen molar-refractivity contribution >= 4 is 5.78 Å². The van der Waals surface area contributed by atoms with Crippen LogP contribution >= 0.6 is 0 Å². The fourth-order valence-corrected chi connectivity index (χ4v) is 1.07. The second-order valence-corrected chi connectivity index (χ2v) is 2.42. The van der Waals surface area contributed by atoms with Crippen molar-refractivity contribution in [1.29, 1.82) is 0 Å². The minimum absolute atomic E-state index is 0.0289. The highest BCUT2D eigenvalue weighted by Gasteiger charge is 2.19. The van der Waals surface area contributed by atoms with E-state index in [-0.39, 0.29) is 11.7 Å². The van der Waals surface area contributed by atoms with E-state index >= 15 is 0 Å². The van der Waals surface area contributed by atoms with Crippen molar-refractivity contribution < 1.29 is 9.53 Å². The van der Waals surface area contributed by atoms with E-state index in [1.54, 1.807) is 0 Å². The molecule has 0 N–H and O–H groups in total. The fourth-order valence-electron chi connectivity index (χ4n) is 1.07. The number of Topliss-reactive ketones (excluding diaryl/α,β-unsaturated/α-hetero) is 1. The van der Waals surface area contributed by atoms with E-state index in [9.17, 15) is 4.79 Å². The summed E-state index contributed by atoms with van der Waals surface area (Å²) in [7, 11) is 0. The normalized spacial score (nSPS) is 25.3. The van der Waals surface area contributed by atoms with Gasteiger partial charge in [-0.1, -0.05) is 0 Å². The lowest BCUT2D eigenvalue weighted by molar-refractivity contribution is -0.121. The fraction of sp³-hybridized carbons (Fsp3) is 0.625. The molecule has 1 unspecified atom stereocenters. The molecule has 2 nitrogen and oxygen atoms in total. The van der Waals surface area contributed by atoms with Gasteiger partial charge >= 0.3 is 0 Å². The Labute approximate surface area is 60.6 Å². The van der Waals surface area contributed by atoms with Gasteiger partial charge < -0.3 is 4.74 Å². The first kappa shape index (κ1) is 7.30. The van der Waals surface area contributed by atoms with Crippen LogP contribution in [0.15, 0.2) is 0 Å². The lowest BCUT2D eigenvalue weighted by Gasteiger charge is -2.18. The van der Waals surface area contributed by atoms with Crippen LogP contribution in [0.25, 0.3) is 0 Å². The number of carbonyl (C=O) groups excluding carboxylic acids is 1. The maximum Gasteiger partial charge on any atom is 0.210 e. The molecule has 0 saturated carbocycles. The second kappa shape index (κ2) is 3.38. The molecule has 0 aromatic carbocycles. The Bertz CT molecular complexity index is 161. The SMILES string of the molecule is C#CC(=O)C1CCCOC1. The maximum absolute atomic E-state index is 10.9. The highest BCUT2D eigenvalue weighted by Crippen LogP contribution is 2.13. The number of hydrogen-bond donors (Lipinski definition) is 0. The summed E-state index contributed by atoms with van der Waals surface area (Å²) in [5.41, 5.74) is 0. The van der Waals surface area contributed by atoms with Crippen LogP contribution in [0.2, 0.25) is 0 Å². The monoisotopic (exact) mass is 138 g/mol. The molecule has 1 atom stereocenters. The summed E-state index contributed by atoms with van der Waals surface area (Å²) in [5, 5.41) is 0.